The van der Waals surface area contributed by atoms with Crippen LogP contribution in [-0.2, 0) is 4.84 Å². The summed E-state index contributed by atoms with van der Waals surface area (Å²) in [4.78, 5) is 15.7. The van der Waals surface area contributed by atoms with Gasteiger partial charge in [0.15, 0.2) is 0 Å². The lowest BCUT2D eigenvalue weighted by atomic mass is 10.1. The Hall–Kier alpha value is -1.26. The highest BCUT2D eigenvalue weighted by Gasteiger charge is 2.39. The van der Waals surface area contributed by atoms with E-state index in [4.69, 9.17) is 11.6 Å². The van der Waals surface area contributed by atoms with Gasteiger partial charge >= 0.3 is 6.03 Å². The summed E-state index contributed by atoms with van der Waals surface area (Å²) in [6.45, 7) is 0. The maximum absolute atomic E-state index is 11.2. The molecule has 2 amide bonds. The van der Waals surface area contributed by atoms with Crippen molar-refractivity contribution in [2.45, 2.75) is 18.4 Å². The van der Waals surface area contributed by atoms with Crippen molar-refractivity contribution in [1.82, 2.24) is 10.8 Å². The second kappa shape index (κ2) is 4.72. The number of hydroxylamine groups is 1. The highest BCUT2D eigenvalue weighted by Crippen LogP contribution is 2.41. The van der Waals surface area contributed by atoms with Crippen LogP contribution in [0, 0.1) is 0 Å². The van der Waals surface area contributed by atoms with Crippen molar-refractivity contribution in [1.29, 1.82) is 0 Å². The number of carbonyl (C=O) groups excluding carboxylic acids is 1. The molecule has 2 atom stereocenters. The van der Waals surface area contributed by atoms with Crippen LogP contribution in [0.4, 0.5) is 4.79 Å². The van der Waals surface area contributed by atoms with Gasteiger partial charge in [0.25, 0.3) is 0 Å². The van der Waals surface area contributed by atoms with Gasteiger partial charge in [-0.1, -0.05) is 23.7 Å². The quantitative estimate of drug-likeness (QED) is 0.795. The molecule has 2 unspecified atom stereocenters. The van der Waals surface area contributed by atoms with E-state index in [1.165, 1.54) is 7.11 Å². The van der Waals surface area contributed by atoms with Crippen molar-refractivity contribution >= 4 is 17.6 Å². The zero-order valence-corrected chi connectivity index (χ0v) is 9.62. The van der Waals surface area contributed by atoms with E-state index < -0.39 is 0 Å². The normalized spacial score (nSPS) is 22.6. The number of halogens is 1. The van der Waals surface area contributed by atoms with Gasteiger partial charge in [0, 0.05) is 17.0 Å². The molecule has 0 aliphatic heterocycles. The van der Waals surface area contributed by atoms with E-state index in [-0.39, 0.29) is 12.1 Å². The number of carbonyl (C=O) groups is 1. The minimum atomic E-state index is -0.308. The number of hydrogen-bond donors (Lipinski definition) is 2. The Morgan fingerprint density at radius 1 is 1.56 bits per heavy atom. The van der Waals surface area contributed by atoms with Gasteiger partial charge in [-0.25, -0.2) is 10.3 Å². The molecule has 0 saturated heterocycles. The summed E-state index contributed by atoms with van der Waals surface area (Å²) in [5, 5.41) is 3.53. The van der Waals surface area contributed by atoms with Crippen LogP contribution in [0.3, 0.4) is 0 Å². The molecule has 0 heterocycles. The fourth-order valence-corrected chi connectivity index (χ4v) is 1.95. The summed E-state index contributed by atoms with van der Waals surface area (Å²) in [6, 6.07) is 7.58. The van der Waals surface area contributed by atoms with Crippen LogP contribution < -0.4 is 10.8 Å². The van der Waals surface area contributed by atoms with Crippen molar-refractivity contribution in [2.24, 2.45) is 0 Å². The van der Waals surface area contributed by atoms with Crippen LogP contribution in [-0.4, -0.2) is 19.2 Å². The third kappa shape index (κ3) is 2.65. The number of urea groups is 1. The third-order valence-electron chi connectivity index (χ3n) is 2.58. The lowest BCUT2D eigenvalue weighted by Crippen LogP contribution is -2.36. The first-order valence-corrected chi connectivity index (χ1v) is 5.43. The molecule has 1 aromatic rings. The monoisotopic (exact) mass is 240 g/mol. The molecule has 86 valence electrons. The molecule has 1 aromatic carbocycles. The molecule has 4 nitrogen and oxygen atoms in total. The number of amides is 2. The van der Waals surface area contributed by atoms with Crippen molar-refractivity contribution in [2.75, 3.05) is 7.11 Å². The van der Waals surface area contributed by atoms with E-state index >= 15 is 0 Å². The molecule has 2 N–H and O–H groups in total. The number of rotatable bonds is 3. The van der Waals surface area contributed by atoms with Gasteiger partial charge in [0.1, 0.15) is 0 Å². The third-order valence-corrected chi connectivity index (χ3v) is 2.81. The van der Waals surface area contributed by atoms with Gasteiger partial charge < -0.3 is 5.32 Å². The second-order valence-electron chi connectivity index (χ2n) is 3.78. The summed E-state index contributed by atoms with van der Waals surface area (Å²) in [6.07, 6.45) is 0.942. The summed E-state index contributed by atoms with van der Waals surface area (Å²) >= 11 is 5.90. The van der Waals surface area contributed by atoms with Gasteiger partial charge in [-0.05, 0) is 24.1 Å². The maximum Gasteiger partial charge on any atom is 0.338 e. The molecule has 0 aromatic heterocycles. The van der Waals surface area contributed by atoms with Crippen LogP contribution >= 0.6 is 11.6 Å². The molecule has 1 saturated carbocycles. The minimum absolute atomic E-state index is 0.175. The van der Waals surface area contributed by atoms with E-state index in [2.05, 4.69) is 15.6 Å². The molecule has 0 radical (unpaired) electrons. The number of benzene rings is 1. The molecule has 2 rings (SSSR count). The Bertz CT molecular complexity index is 397. The molecule has 16 heavy (non-hydrogen) atoms. The Labute approximate surface area is 98.9 Å². The zero-order valence-electron chi connectivity index (χ0n) is 8.87. The summed E-state index contributed by atoms with van der Waals surface area (Å²) in [5.41, 5.74) is 3.39. The second-order valence-corrected chi connectivity index (χ2v) is 4.22. The van der Waals surface area contributed by atoms with Crippen molar-refractivity contribution in [3.63, 3.8) is 0 Å². The van der Waals surface area contributed by atoms with Gasteiger partial charge in [-0.3, -0.25) is 4.84 Å². The highest BCUT2D eigenvalue weighted by atomic mass is 35.5. The molecular weight excluding hydrogens is 228 g/mol. The average Bonchev–Trinajstić information content (AvgIpc) is 2.97. The fourth-order valence-electron chi connectivity index (χ4n) is 1.75. The van der Waals surface area contributed by atoms with Crippen LogP contribution in [0.15, 0.2) is 24.3 Å². The van der Waals surface area contributed by atoms with Crippen LogP contribution in [0.5, 0.6) is 0 Å². The summed E-state index contributed by atoms with van der Waals surface area (Å²) < 4.78 is 0. The Morgan fingerprint density at radius 3 is 3.06 bits per heavy atom. The number of hydrogen-bond acceptors (Lipinski definition) is 2. The lowest BCUT2D eigenvalue weighted by Gasteiger charge is -2.05. The van der Waals surface area contributed by atoms with Crippen molar-refractivity contribution in [3.8, 4) is 0 Å². The molecule has 5 heteroatoms. The molecule has 0 spiro atoms. The topological polar surface area (TPSA) is 50.4 Å². The van der Waals surface area contributed by atoms with Crippen LogP contribution in [0.2, 0.25) is 5.02 Å². The Balaban J connectivity index is 1.89. The smallest absolute Gasteiger partial charge is 0.333 e. The molecular formula is C11H13ClN2O2. The maximum atomic E-state index is 11.2. The largest absolute Gasteiger partial charge is 0.338 e. The molecule has 1 fully saturated rings. The van der Waals surface area contributed by atoms with Crippen molar-refractivity contribution < 1.29 is 9.63 Å². The average molecular weight is 241 g/mol. The lowest BCUT2D eigenvalue weighted by molar-refractivity contribution is 0.107. The summed E-state index contributed by atoms with van der Waals surface area (Å²) in [5.74, 6) is 0.362. The van der Waals surface area contributed by atoms with Crippen LogP contribution in [0.1, 0.15) is 17.9 Å². The van der Waals surface area contributed by atoms with E-state index in [1.54, 1.807) is 0 Å². The predicted molar refractivity (Wildman–Crippen MR) is 61.3 cm³/mol. The Kier molecular flexibility index (Phi) is 3.31. The molecule has 1 aliphatic rings. The first kappa shape index (κ1) is 11.2. The first-order valence-electron chi connectivity index (χ1n) is 5.05. The van der Waals surface area contributed by atoms with Crippen molar-refractivity contribution in [3.05, 3.63) is 34.9 Å². The SMILES string of the molecule is CONC(=O)NC1CC1c1cccc(Cl)c1. The van der Waals surface area contributed by atoms with E-state index in [1.807, 2.05) is 24.3 Å². The molecule has 1 aliphatic carbocycles. The predicted octanol–water partition coefficient (Wildman–Crippen LogP) is 2.06. The van der Waals surface area contributed by atoms with E-state index in [0.29, 0.717) is 5.92 Å². The first-order chi connectivity index (χ1) is 7.70. The highest BCUT2D eigenvalue weighted by molar-refractivity contribution is 6.30. The minimum Gasteiger partial charge on any atom is -0.333 e. The standard InChI is InChI=1S/C11H13ClN2O2/c1-16-14-11(15)13-10-6-9(10)7-3-2-4-8(12)5-7/h2-5,9-10H,6H2,1H3,(H2,13,14,15). The Morgan fingerprint density at radius 2 is 2.38 bits per heavy atom. The number of nitrogens with one attached hydrogen (secondary N) is 2. The summed E-state index contributed by atoms with van der Waals surface area (Å²) in [7, 11) is 1.40. The fraction of sp³-hybridized carbons (Fsp3) is 0.364. The van der Waals surface area contributed by atoms with Gasteiger partial charge in [0.05, 0.1) is 7.11 Å². The van der Waals surface area contributed by atoms with Crippen LogP contribution in [0.25, 0.3) is 0 Å². The molecule has 0 bridgehead atoms. The van der Waals surface area contributed by atoms with E-state index in [0.717, 1.165) is 17.0 Å². The van der Waals surface area contributed by atoms with Gasteiger partial charge in [-0.15, -0.1) is 0 Å². The van der Waals surface area contributed by atoms with Gasteiger partial charge in [-0.2, -0.15) is 0 Å². The van der Waals surface area contributed by atoms with E-state index in [9.17, 15) is 4.79 Å². The zero-order chi connectivity index (χ0) is 11.5. The van der Waals surface area contributed by atoms with Gasteiger partial charge in [0.2, 0.25) is 0 Å².